The van der Waals surface area contributed by atoms with Gasteiger partial charge in [-0.25, -0.2) is 0 Å². The molecule has 0 spiro atoms. The van der Waals surface area contributed by atoms with Gasteiger partial charge >= 0.3 is 0 Å². The fraction of sp³-hybridized carbons (Fsp3) is 0.417. The first-order chi connectivity index (χ1) is 7.83. The van der Waals surface area contributed by atoms with Crippen molar-refractivity contribution in [3.05, 3.63) is 35.9 Å². The van der Waals surface area contributed by atoms with Crippen molar-refractivity contribution in [3.8, 4) is 0 Å². The third-order valence-corrected chi connectivity index (χ3v) is 2.04. The molecule has 0 saturated carbocycles. The Morgan fingerprint density at radius 2 is 2.00 bits per heavy atom. The van der Waals surface area contributed by atoms with Gasteiger partial charge in [-0.3, -0.25) is 4.79 Å². The number of rotatable bonds is 7. The van der Waals surface area contributed by atoms with Gasteiger partial charge in [0, 0.05) is 13.1 Å². The predicted octanol–water partition coefficient (Wildman–Crippen LogP) is 0.321. The molecule has 0 aliphatic rings. The Kier molecular flexibility index (Phi) is 6.22. The molecule has 4 heteroatoms. The van der Waals surface area contributed by atoms with Crippen LogP contribution in [0.2, 0.25) is 0 Å². The second-order valence-electron chi connectivity index (χ2n) is 3.41. The Bertz CT molecular complexity index is 301. The number of nitrogens with two attached hydrogens (primary N) is 1. The van der Waals surface area contributed by atoms with Gasteiger partial charge in [-0.15, -0.1) is 0 Å². The minimum absolute atomic E-state index is 0.0162. The molecule has 1 rings (SSSR count). The van der Waals surface area contributed by atoms with Crippen LogP contribution < -0.4 is 11.1 Å². The van der Waals surface area contributed by atoms with E-state index in [4.69, 9.17) is 10.5 Å². The van der Waals surface area contributed by atoms with Crippen LogP contribution in [0.5, 0.6) is 0 Å². The highest BCUT2D eigenvalue weighted by atomic mass is 16.5. The lowest BCUT2D eigenvalue weighted by Gasteiger charge is -2.05. The van der Waals surface area contributed by atoms with Crippen molar-refractivity contribution in [3.63, 3.8) is 0 Å². The molecule has 0 atom stereocenters. The molecule has 4 nitrogen and oxygen atoms in total. The van der Waals surface area contributed by atoms with Crippen molar-refractivity contribution in [1.82, 2.24) is 5.32 Å². The number of hydrogen-bond donors (Lipinski definition) is 2. The Labute approximate surface area is 95.8 Å². The summed E-state index contributed by atoms with van der Waals surface area (Å²) in [4.78, 5) is 11.5. The summed E-state index contributed by atoms with van der Waals surface area (Å²) in [7, 11) is 0. The van der Waals surface area contributed by atoms with Gasteiger partial charge in [0.25, 0.3) is 0 Å². The fourth-order valence-electron chi connectivity index (χ4n) is 1.29. The highest BCUT2D eigenvalue weighted by molar-refractivity contribution is 5.78. The molecule has 0 heterocycles. The van der Waals surface area contributed by atoms with E-state index in [1.807, 2.05) is 30.3 Å². The molecule has 1 aromatic carbocycles. The van der Waals surface area contributed by atoms with Gasteiger partial charge in [0.15, 0.2) is 0 Å². The van der Waals surface area contributed by atoms with Crippen LogP contribution in [-0.2, 0) is 16.0 Å². The summed E-state index contributed by atoms with van der Waals surface area (Å²) in [5.74, 6) is 0.0162. The second kappa shape index (κ2) is 7.84. The summed E-state index contributed by atoms with van der Waals surface area (Å²) in [6.45, 7) is 2.09. The van der Waals surface area contributed by atoms with Crippen molar-refractivity contribution < 1.29 is 9.53 Å². The molecule has 0 saturated heterocycles. The molecule has 16 heavy (non-hydrogen) atoms. The number of amides is 1. The molecular weight excluding hydrogens is 204 g/mol. The van der Waals surface area contributed by atoms with E-state index in [9.17, 15) is 4.79 Å². The zero-order valence-corrected chi connectivity index (χ0v) is 9.32. The quantitative estimate of drug-likeness (QED) is 0.653. The highest BCUT2D eigenvalue weighted by Gasteiger charge is 2.01. The molecule has 0 bridgehead atoms. The number of carbonyl (C=O) groups excluding carboxylic acids is 1. The number of ether oxygens (including phenoxy) is 1. The van der Waals surface area contributed by atoms with Crippen molar-refractivity contribution >= 4 is 5.91 Å². The van der Waals surface area contributed by atoms with Crippen LogP contribution in [0.25, 0.3) is 0 Å². The Balaban J connectivity index is 2.12. The maximum atomic E-state index is 11.5. The number of hydrogen-bond acceptors (Lipinski definition) is 3. The van der Waals surface area contributed by atoms with Crippen LogP contribution in [0.15, 0.2) is 30.3 Å². The molecule has 0 radical (unpaired) electrons. The lowest BCUT2D eigenvalue weighted by Crippen LogP contribution is -2.29. The Morgan fingerprint density at radius 1 is 1.25 bits per heavy atom. The van der Waals surface area contributed by atoms with E-state index >= 15 is 0 Å². The summed E-state index contributed by atoms with van der Waals surface area (Å²) in [5.41, 5.74) is 6.28. The Morgan fingerprint density at radius 3 is 2.69 bits per heavy atom. The van der Waals surface area contributed by atoms with Gasteiger partial charge in [0.05, 0.1) is 19.6 Å². The zero-order valence-electron chi connectivity index (χ0n) is 9.32. The standard InChI is InChI=1S/C12H18N2O2/c13-6-8-16-9-7-14-12(15)10-11-4-2-1-3-5-11/h1-5H,6-10,13H2,(H,14,15). The second-order valence-corrected chi connectivity index (χ2v) is 3.41. The third kappa shape index (κ3) is 5.48. The average Bonchev–Trinajstić information content (AvgIpc) is 2.30. The van der Waals surface area contributed by atoms with E-state index in [1.54, 1.807) is 0 Å². The van der Waals surface area contributed by atoms with Crippen molar-refractivity contribution in [2.45, 2.75) is 6.42 Å². The lowest BCUT2D eigenvalue weighted by atomic mass is 10.1. The molecule has 0 aliphatic carbocycles. The van der Waals surface area contributed by atoms with Gasteiger partial charge in [0.2, 0.25) is 5.91 Å². The van der Waals surface area contributed by atoms with E-state index in [1.165, 1.54) is 0 Å². The van der Waals surface area contributed by atoms with Crippen LogP contribution >= 0.6 is 0 Å². The van der Waals surface area contributed by atoms with Gasteiger partial charge in [-0.2, -0.15) is 0 Å². The Hall–Kier alpha value is -1.39. The minimum Gasteiger partial charge on any atom is -0.378 e. The molecular formula is C12H18N2O2. The maximum absolute atomic E-state index is 11.5. The summed E-state index contributed by atoms with van der Waals surface area (Å²) >= 11 is 0. The molecule has 0 aliphatic heterocycles. The average molecular weight is 222 g/mol. The molecule has 88 valence electrons. The van der Waals surface area contributed by atoms with E-state index < -0.39 is 0 Å². The van der Waals surface area contributed by atoms with Crippen LogP contribution in [0.3, 0.4) is 0 Å². The van der Waals surface area contributed by atoms with Crippen molar-refractivity contribution in [2.24, 2.45) is 5.73 Å². The van der Waals surface area contributed by atoms with Crippen LogP contribution in [0.4, 0.5) is 0 Å². The normalized spacial score (nSPS) is 10.1. The van der Waals surface area contributed by atoms with Gasteiger partial charge in [-0.05, 0) is 5.56 Å². The first-order valence-corrected chi connectivity index (χ1v) is 5.41. The van der Waals surface area contributed by atoms with Gasteiger partial charge in [-0.1, -0.05) is 30.3 Å². The lowest BCUT2D eigenvalue weighted by molar-refractivity contribution is -0.120. The van der Waals surface area contributed by atoms with E-state index in [0.717, 1.165) is 5.56 Å². The molecule has 0 unspecified atom stereocenters. The first kappa shape index (κ1) is 12.7. The smallest absolute Gasteiger partial charge is 0.224 e. The maximum Gasteiger partial charge on any atom is 0.224 e. The molecule has 0 fully saturated rings. The third-order valence-electron chi connectivity index (χ3n) is 2.04. The summed E-state index contributed by atoms with van der Waals surface area (Å²) in [5, 5.41) is 2.79. The molecule has 1 aromatic rings. The van der Waals surface area contributed by atoms with Gasteiger partial charge < -0.3 is 15.8 Å². The largest absolute Gasteiger partial charge is 0.378 e. The molecule has 0 aromatic heterocycles. The number of carbonyl (C=O) groups is 1. The van der Waals surface area contributed by atoms with Crippen molar-refractivity contribution in [1.29, 1.82) is 0 Å². The SMILES string of the molecule is NCCOCCNC(=O)Cc1ccccc1. The summed E-state index contributed by atoms with van der Waals surface area (Å²) in [6, 6.07) is 9.65. The topological polar surface area (TPSA) is 64.3 Å². The number of benzene rings is 1. The van der Waals surface area contributed by atoms with E-state index in [-0.39, 0.29) is 5.91 Å². The highest BCUT2D eigenvalue weighted by Crippen LogP contribution is 1.98. The minimum atomic E-state index is 0.0162. The first-order valence-electron chi connectivity index (χ1n) is 5.41. The monoisotopic (exact) mass is 222 g/mol. The predicted molar refractivity (Wildman–Crippen MR) is 63.0 cm³/mol. The summed E-state index contributed by atoms with van der Waals surface area (Å²) < 4.78 is 5.14. The van der Waals surface area contributed by atoms with Crippen LogP contribution in [0, 0.1) is 0 Å². The van der Waals surface area contributed by atoms with Crippen LogP contribution in [-0.4, -0.2) is 32.2 Å². The fourth-order valence-corrected chi connectivity index (χ4v) is 1.29. The zero-order chi connectivity index (χ0) is 11.6. The van der Waals surface area contributed by atoms with Crippen molar-refractivity contribution in [2.75, 3.05) is 26.3 Å². The molecule has 3 N–H and O–H groups in total. The van der Waals surface area contributed by atoms with E-state index in [2.05, 4.69) is 5.32 Å². The van der Waals surface area contributed by atoms with Gasteiger partial charge in [0.1, 0.15) is 0 Å². The number of nitrogens with one attached hydrogen (secondary N) is 1. The van der Waals surface area contributed by atoms with E-state index in [0.29, 0.717) is 32.7 Å². The molecule has 1 amide bonds. The van der Waals surface area contributed by atoms with Crippen LogP contribution in [0.1, 0.15) is 5.56 Å². The summed E-state index contributed by atoms with van der Waals surface area (Å²) in [6.07, 6.45) is 0.414.